The number of aromatic nitrogens is 8. The Labute approximate surface area is 762 Å². The van der Waals surface area contributed by atoms with Crippen LogP contribution < -0.4 is 87.6 Å². The van der Waals surface area contributed by atoms with Crippen LogP contribution in [0.3, 0.4) is 0 Å². The summed E-state index contributed by atoms with van der Waals surface area (Å²) in [5.74, 6) is -1.75. The minimum Gasteiger partial charge on any atom is -0.872 e. The largest absolute Gasteiger partial charge is 0.872 e. The predicted octanol–water partition coefficient (Wildman–Crippen LogP) is 1.71. The van der Waals surface area contributed by atoms with Crippen LogP contribution in [0, 0.1) is 6.92 Å². The highest BCUT2D eigenvalue weighted by molar-refractivity contribution is 7.80. The van der Waals surface area contributed by atoms with Gasteiger partial charge >= 0.3 is 24.1 Å². The number of rotatable bonds is 31. The first-order valence-corrected chi connectivity index (χ1v) is 48.2. The van der Waals surface area contributed by atoms with Crippen LogP contribution in [0.15, 0.2) is 160 Å². The Bertz CT molecular complexity index is 6790. The molecule has 712 valence electrons. The van der Waals surface area contributed by atoms with E-state index < -0.39 is 133 Å². The lowest BCUT2D eigenvalue weighted by Gasteiger charge is -2.33. The number of phosphoric acid groups is 6. The summed E-state index contributed by atoms with van der Waals surface area (Å²) < 4.78 is 129. The van der Waals surface area contributed by atoms with Gasteiger partial charge in [-0.25, -0.2) is 71.3 Å². The highest BCUT2D eigenvalue weighted by Gasteiger charge is 2.51. The van der Waals surface area contributed by atoms with Crippen molar-refractivity contribution >= 4 is 173 Å². The first-order valence-electron chi connectivity index (χ1n) is 38.6. The summed E-state index contributed by atoms with van der Waals surface area (Å²) in [4.78, 5) is 181. The molecule has 2 saturated heterocycles. The van der Waals surface area contributed by atoms with Gasteiger partial charge in [0.15, 0.2) is 63.2 Å². The maximum atomic E-state index is 13.0. The molecule has 0 saturated carbocycles. The van der Waals surface area contributed by atoms with Gasteiger partial charge in [0.25, 0.3) is 46.9 Å². The van der Waals surface area contributed by atoms with Crippen molar-refractivity contribution in [3.05, 3.63) is 178 Å². The third kappa shape index (κ3) is 24.1. The maximum Gasteiger partial charge on any atom is 0.407 e. The number of imidazole rings is 2. The summed E-state index contributed by atoms with van der Waals surface area (Å²) in [6.07, 6.45) is -7.14. The monoisotopic (exact) mass is 2010 g/mol. The number of nitrogens with one attached hydrogen (secondary N) is 5. The molecule has 61 heteroatoms. The molecule has 4 aromatic carbocycles. The van der Waals surface area contributed by atoms with E-state index in [1.807, 2.05) is 57.2 Å². The average molecular weight is 2010 g/mol. The first-order chi connectivity index (χ1) is 63.1. The number of thiocarbonyl (C=S) groups is 2. The van der Waals surface area contributed by atoms with Crippen LogP contribution >= 0.6 is 71.4 Å². The number of aromatic carboxylic acids is 1. The number of ether oxygens (including phenoxy) is 5. The van der Waals surface area contributed by atoms with Crippen LogP contribution in [0.1, 0.15) is 53.4 Å². The smallest absolute Gasteiger partial charge is 0.407 e. The number of benzene rings is 5. The fourth-order valence-electron chi connectivity index (χ4n) is 14.0. The van der Waals surface area contributed by atoms with E-state index >= 15 is 0 Å². The third-order valence-corrected chi connectivity index (χ3v) is 27.4. The van der Waals surface area contributed by atoms with Gasteiger partial charge in [-0.15, -0.1) is 5.75 Å². The molecule has 0 spiro atoms. The first kappa shape index (κ1) is 99.7. The molecule has 6 aliphatic rings. The van der Waals surface area contributed by atoms with Crippen LogP contribution in [-0.4, -0.2) is 198 Å². The molecule has 2 fully saturated rings. The van der Waals surface area contributed by atoms with Gasteiger partial charge in [0.1, 0.15) is 70.9 Å². The number of alkyl carbamates (subject to hydrolysis) is 2. The van der Waals surface area contributed by atoms with Crippen molar-refractivity contribution in [1.29, 1.82) is 0 Å². The molecule has 15 N–H and O–H groups in total. The predicted molar refractivity (Wildman–Crippen MR) is 458 cm³/mol. The van der Waals surface area contributed by atoms with Crippen molar-refractivity contribution in [2.45, 2.75) is 69.9 Å². The Kier molecular flexibility index (Phi) is 30.4. The summed E-state index contributed by atoms with van der Waals surface area (Å²) in [6, 6.07) is 23.8. The van der Waals surface area contributed by atoms with Gasteiger partial charge in [-0.05, 0) is 123 Å². The van der Waals surface area contributed by atoms with Gasteiger partial charge in [-0.2, -0.15) is 0 Å². The van der Waals surface area contributed by atoms with Crippen molar-refractivity contribution in [2.75, 3.05) is 74.2 Å². The number of carbonyl (C=O) groups is 4. The van der Waals surface area contributed by atoms with E-state index in [0.717, 1.165) is 58.8 Å². The van der Waals surface area contributed by atoms with E-state index in [4.69, 9.17) is 73.8 Å². The zero-order chi connectivity index (χ0) is 97.0. The zero-order valence-electron chi connectivity index (χ0n) is 68.5. The third-order valence-electron chi connectivity index (χ3n) is 19.5. The molecule has 8 heterocycles. The molecule has 2 aliphatic carbocycles. The Morgan fingerprint density at radius 3 is 1.66 bits per heavy atom. The fraction of sp³-hybridized carbons (Fsp3) is 0.260. The number of aliphatic carboxylic acids is 1. The van der Waals surface area contributed by atoms with Crippen LogP contribution in [0.2, 0.25) is 0 Å². The summed E-state index contributed by atoms with van der Waals surface area (Å²) in [6.45, 7) is 4.57. The minimum absolute atomic E-state index is 0.0138. The molecule has 134 heavy (non-hydrogen) atoms. The highest BCUT2D eigenvalue weighted by Crippen LogP contribution is 2.63. The Hall–Kier alpha value is -11.7. The lowest BCUT2D eigenvalue weighted by Crippen LogP contribution is -2.43. The second-order valence-electron chi connectivity index (χ2n) is 28.5. The number of nitrogens with zero attached hydrogens (tertiary/aromatic N) is 10. The van der Waals surface area contributed by atoms with Gasteiger partial charge < -0.3 is 145 Å². The number of aliphatic hydroxyl groups is 2. The van der Waals surface area contributed by atoms with Crippen molar-refractivity contribution in [3.8, 4) is 39.7 Å². The van der Waals surface area contributed by atoms with E-state index in [9.17, 15) is 106 Å². The van der Waals surface area contributed by atoms with Crippen molar-refractivity contribution in [1.82, 2.24) is 60.3 Å². The van der Waals surface area contributed by atoms with E-state index in [1.165, 1.54) is 60.7 Å². The summed E-state index contributed by atoms with van der Waals surface area (Å²) in [7, 11) is -36.7. The topological polar surface area (TPSA) is 800 Å². The summed E-state index contributed by atoms with van der Waals surface area (Å²) in [5.41, 5.74) is 17.2. The van der Waals surface area contributed by atoms with Crippen LogP contribution in [0.25, 0.3) is 61.3 Å². The van der Waals surface area contributed by atoms with E-state index in [1.54, 1.807) is 12.2 Å². The number of carboxylic acid groups (broad SMARTS) is 2. The second kappa shape index (κ2) is 40.8. The second-order valence-corrected chi connectivity index (χ2v) is 37.8. The summed E-state index contributed by atoms with van der Waals surface area (Å²) in [5, 5.41) is 68.8. The van der Waals surface area contributed by atoms with Crippen LogP contribution in [0.4, 0.5) is 32.6 Å². The molecule has 4 aliphatic heterocycles. The number of carbonyl (C=O) groups excluding carboxylic acids is 2. The summed E-state index contributed by atoms with van der Waals surface area (Å²) >= 11 is 10.7. The Morgan fingerprint density at radius 2 is 1.13 bits per heavy atom. The molecule has 0 bridgehead atoms. The number of aryl methyl sites for hydroxylation is 1. The minimum atomic E-state index is -6.27. The van der Waals surface area contributed by atoms with Gasteiger partial charge in [0, 0.05) is 96.0 Å². The maximum absolute atomic E-state index is 13.0. The number of nitrogen functional groups attached to an aromatic ring is 2. The quantitative estimate of drug-likeness (QED) is 0.0127. The standard InChI is InChI=1S/C39H44N9O17P3S.C34H33N8O19P3S/c1-4-47(5-2)22-8-11-25-28(16-22)61-27-14-20(3)6-9-24(27)30(25)23-10-7-21(15-26(23)37(50)51)46-38(69)41-12-13-42-39(52)63-33-29(17-60-67(56,57)65-68(58,59)64-66(53,54)55)62-36(32(33)49)48-19-45-31-34(40)43-18-44-35(31)48;35-29-26-30(39-13-38-29)42(14-40-26)31-27(45)28(24(58-31)12-56-63(52,53)61-64(54,55)60-62(49,50)51)59-34(48)37-8-7-36-33(65)41-15-1-4-18(21(9-15)32(46)47)25-19-5-2-16(43)10-22(19)57-23-11-17(44)3-6-20(23)25/h6-11,14-16,18-19,29,32-33,36,49H,4-5,12-13,17H2,1-3H3,(H,41,69)(H,42,52)(H,50,51)(H,56,57)(H,58,59)(H2,40,43,44)(H2,53,54,55);1-6,9-11,13-14,24,27-28,31,43,45H,7-8,12H2,(H,37,48)(H,46,47)(H,52,53)(H,54,55)(H2,35,38,39)(H2,36,41,65)(H2,49,50,51)/p-7/t29-,32+,33?,36-;24-,27+,28?,31-/m11/s1. The Balaban J connectivity index is 0.000000228. The molecule has 14 atom stereocenters. The van der Waals surface area contributed by atoms with E-state index in [0.29, 0.717) is 50.3 Å². The van der Waals surface area contributed by atoms with Gasteiger partial charge in [0.2, 0.25) is 0 Å². The molecule has 14 rings (SSSR count). The lowest BCUT2D eigenvalue weighted by atomic mass is 9.84. The van der Waals surface area contributed by atoms with Gasteiger partial charge in [-0.1, -0.05) is 36.4 Å². The zero-order valence-corrected chi connectivity index (χ0v) is 75.5. The number of nitrogens with two attached hydrogens (primary N) is 2. The van der Waals surface area contributed by atoms with Crippen molar-refractivity contribution < 1.29 is 166 Å². The number of aliphatic imine (C=N–C) groups is 1. The Morgan fingerprint density at radius 1 is 0.604 bits per heavy atom. The normalized spacial score (nSPS) is 21.5. The number of carboxylic acids is 2. The number of hydrogen-bond acceptors (Lipinski definition) is 43. The molecule has 2 amide bonds. The SMILES string of the molecule is CCN(CC)c1ccc2c(c1)Oc1cc(C)ccc1C2=C1C=CC(=NC(=S)NCCNC(=O)OC2[C@@H](COP(=O)([O-])OP(=O)([O-])OP(=O)([O-])O)O[C@@H](n3cnc4c(N)ncnc43)[C@H]2O)C=C1C(=O)O.Nc1ncnc2c1ncn2[C@@H]1O[C@H](COP(=O)([O-])OP(=O)([O-])OP(=O)([O-])O)C(OC(=O)NCCNC(=S)Nc2ccc(-c3c4ccc(=O)cc-4oc4cc([O-])ccc34)c(C(=O)O)c2)[C@@H]1O. The van der Waals surface area contributed by atoms with Gasteiger partial charge in [0.05, 0.1) is 42.7 Å². The molecular formula is C73H70N17O36P6S2-7. The van der Waals surface area contributed by atoms with Crippen LogP contribution in [-0.2, 0) is 77.4 Å². The van der Waals surface area contributed by atoms with Crippen LogP contribution in [0.5, 0.6) is 17.2 Å². The highest BCUT2D eigenvalue weighted by atomic mass is 32.1. The number of anilines is 4. The van der Waals surface area contributed by atoms with Crippen molar-refractivity contribution in [2.24, 2.45) is 4.99 Å². The molecule has 0 radical (unpaired) electrons. The van der Waals surface area contributed by atoms with E-state index in [2.05, 4.69) is 92.7 Å². The van der Waals surface area contributed by atoms with Crippen molar-refractivity contribution in [3.63, 3.8) is 0 Å². The fourth-order valence-corrected chi connectivity index (χ4v) is 20.2. The lowest BCUT2D eigenvalue weighted by molar-refractivity contribution is -0.268. The number of aliphatic hydroxyl groups excluding tert-OH is 2. The molecule has 53 nitrogen and oxygen atoms in total. The van der Waals surface area contributed by atoms with E-state index in [-0.39, 0.29) is 121 Å². The molecule has 8 unspecified atom stereocenters. The number of amides is 2. The molecular weight excluding hydrogens is 1940 g/mol. The number of fused-ring (bicyclic) bond motifs is 6. The van der Waals surface area contributed by atoms with Gasteiger partial charge in [-0.3, -0.25) is 41.3 Å². The number of hydrogen-bond donors (Lipinski definition) is 13. The number of phosphoric ester groups is 2. The molecule has 8 aromatic rings. The average Bonchev–Trinajstić information content (AvgIpc) is 1.19. The molecule has 4 aromatic heterocycles. The number of allylic oxidation sites excluding steroid dienone is 3.